The molecule has 10 atom stereocenters. The Balaban J connectivity index is 1.08. The van der Waals surface area contributed by atoms with Crippen molar-refractivity contribution < 1.29 is 14.3 Å². The number of rotatable bonds is 18. The van der Waals surface area contributed by atoms with Gasteiger partial charge in [-0.3, -0.25) is 9.59 Å². The molecule has 0 amide bonds. The Kier molecular flexibility index (Phi) is 14.0. The van der Waals surface area contributed by atoms with Gasteiger partial charge in [-0.15, -0.1) is 0 Å². The van der Waals surface area contributed by atoms with Crippen molar-refractivity contribution in [3.05, 3.63) is 47.5 Å². The molecular formula is C47H74O3. The molecule has 3 fully saturated rings. The Labute approximate surface area is 307 Å². The van der Waals surface area contributed by atoms with Crippen molar-refractivity contribution in [1.29, 1.82) is 0 Å². The van der Waals surface area contributed by atoms with Crippen LogP contribution < -0.4 is 0 Å². The number of fused-ring (bicyclic) bond motifs is 5. The van der Waals surface area contributed by atoms with Crippen LogP contribution in [0.5, 0.6) is 0 Å². The molecule has 0 heterocycles. The fraction of sp³-hybridized carbons (Fsp3) is 0.787. The molecule has 3 heteroatoms. The van der Waals surface area contributed by atoms with E-state index < -0.39 is 0 Å². The third-order valence-corrected chi connectivity index (χ3v) is 15.3. The normalized spacial score (nSPS) is 32.3. The van der Waals surface area contributed by atoms with Crippen molar-refractivity contribution >= 4 is 11.8 Å². The Bertz CT molecular complexity index is 1260. The van der Waals surface area contributed by atoms with Gasteiger partial charge in [0, 0.05) is 12.3 Å². The van der Waals surface area contributed by atoms with Crippen LogP contribution in [0, 0.1) is 58.2 Å². The van der Waals surface area contributed by atoms with Gasteiger partial charge >= 0.3 is 5.97 Å². The van der Waals surface area contributed by atoms with Crippen LogP contribution in [0.3, 0.4) is 0 Å². The number of Topliss-reactive ketones (excluding diaryl/α,β-unsaturated/α-hetero) is 1. The lowest BCUT2D eigenvalue weighted by molar-refractivity contribution is -0.153. The summed E-state index contributed by atoms with van der Waals surface area (Å²) in [6.07, 6.45) is 23.8. The van der Waals surface area contributed by atoms with Crippen LogP contribution in [-0.4, -0.2) is 17.9 Å². The largest absolute Gasteiger partial charge is 0.462 e. The second-order valence-corrected chi connectivity index (χ2v) is 18.6. The van der Waals surface area contributed by atoms with Gasteiger partial charge in [-0.1, -0.05) is 129 Å². The molecule has 5 rings (SSSR count). The molecule has 0 N–H and O–H groups in total. The van der Waals surface area contributed by atoms with Crippen molar-refractivity contribution in [3.63, 3.8) is 0 Å². The highest BCUT2D eigenvalue weighted by Gasteiger charge is 2.59. The molecule has 0 radical (unpaired) electrons. The van der Waals surface area contributed by atoms with E-state index in [0.717, 1.165) is 86.9 Å². The Hall–Kier alpha value is -1.90. The third kappa shape index (κ3) is 9.17. The van der Waals surface area contributed by atoms with Crippen LogP contribution in [0.4, 0.5) is 0 Å². The van der Waals surface area contributed by atoms with Gasteiger partial charge in [-0.2, -0.15) is 0 Å². The van der Waals surface area contributed by atoms with E-state index in [2.05, 4.69) is 84.9 Å². The highest BCUT2D eigenvalue weighted by atomic mass is 16.5. The molecule has 4 aliphatic carbocycles. The number of aryl methyl sites for hydroxylation is 1. The number of hydrogen-bond acceptors (Lipinski definition) is 3. The van der Waals surface area contributed by atoms with E-state index in [0.29, 0.717) is 11.3 Å². The molecule has 0 bridgehead atoms. The van der Waals surface area contributed by atoms with E-state index in [-0.39, 0.29) is 35.6 Å². The SMILES string of the molecule is CCC(CCCC(CC)C(=O)CC(=O)O[C@H]1CC[C@@]2(C)C(=CC[C@H]3[C@@H]4CC[C@H]([C@H](C)CCCC(C)C)[C@@]4(C)CC[C@@H]32)C1)CCc1ccccc1. The summed E-state index contributed by atoms with van der Waals surface area (Å²) < 4.78 is 6.09. The quantitative estimate of drug-likeness (QED) is 0.0877. The van der Waals surface area contributed by atoms with Gasteiger partial charge in [0.05, 0.1) is 0 Å². The number of allylic oxidation sites excluding steroid dienone is 1. The highest BCUT2D eigenvalue weighted by molar-refractivity contribution is 5.96. The zero-order valence-corrected chi connectivity index (χ0v) is 33.3. The number of ether oxygens (including phenoxy) is 1. The molecule has 2 unspecified atom stereocenters. The van der Waals surface area contributed by atoms with Crippen LogP contribution in [0.15, 0.2) is 42.0 Å². The minimum atomic E-state index is -0.293. The van der Waals surface area contributed by atoms with E-state index in [4.69, 9.17) is 4.74 Å². The van der Waals surface area contributed by atoms with Gasteiger partial charge in [0.15, 0.2) is 0 Å². The van der Waals surface area contributed by atoms with Gasteiger partial charge < -0.3 is 4.74 Å². The zero-order valence-electron chi connectivity index (χ0n) is 33.3. The third-order valence-electron chi connectivity index (χ3n) is 15.3. The van der Waals surface area contributed by atoms with Crippen LogP contribution in [-0.2, 0) is 20.7 Å². The number of carbonyl (C=O) groups is 2. The lowest BCUT2D eigenvalue weighted by atomic mass is 9.47. The smallest absolute Gasteiger partial charge is 0.313 e. The first-order chi connectivity index (χ1) is 24.0. The number of ketones is 1. The molecule has 3 nitrogen and oxygen atoms in total. The summed E-state index contributed by atoms with van der Waals surface area (Å²) >= 11 is 0. The van der Waals surface area contributed by atoms with Crippen molar-refractivity contribution in [2.45, 2.75) is 177 Å². The Morgan fingerprint density at radius 1 is 0.840 bits per heavy atom. The van der Waals surface area contributed by atoms with Crippen molar-refractivity contribution in [1.82, 2.24) is 0 Å². The molecule has 280 valence electrons. The van der Waals surface area contributed by atoms with Crippen molar-refractivity contribution in [3.8, 4) is 0 Å². The molecule has 0 aliphatic heterocycles. The maximum absolute atomic E-state index is 13.3. The summed E-state index contributed by atoms with van der Waals surface area (Å²) in [7, 11) is 0. The minimum Gasteiger partial charge on any atom is -0.462 e. The van der Waals surface area contributed by atoms with Gasteiger partial charge in [0.1, 0.15) is 18.3 Å². The monoisotopic (exact) mass is 687 g/mol. The molecule has 0 saturated heterocycles. The van der Waals surface area contributed by atoms with Crippen LogP contribution in [0.2, 0.25) is 0 Å². The van der Waals surface area contributed by atoms with Gasteiger partial charge in [0.25, 0.3) is 0 Å². The molecule has 3 saturated carbocycles. The number of benzene rings is 1. The van der Waals surface area contributed by atoms with Crippen molar-refractivity contribution in [2.75, 3.05) is 0 Å². The first-order valence-corrected chi connectivity index (χ1v) is 21.4. The average molecular weight is 687 g/mol. The number of esters is 1. The van der Waals surface area contributed by atoms with Gasteiger partial charge in [-0.25, -0.2) is 0 Å². The minimum absolute atomic E-state index is 0.0305. The summed E-state index contributed by atoms with van der Waals surface area (Å²) in [5.74, 6) is 5.46. The van der Waals surface area contributed by atoms with E-state index in [9.17, 15) is 9.59 Å². The lowest BCUT2D eigenvalue weighted by Crippen LogP contribution is -2.51. The zero-order chi connectivity index (χ0) is 35.9. The molecule has 1 aromatic carbocycles. The predicted molar refractivity (Wildman–Crippen MR) is 209 cm³/mol. The van der Waals surface area contributed by atoms with E-state index in [1.54, 1.807) is 5.57 Å². The Morgan fingerprint density at radius 3 is 2.32 bits per heavy atom. The number of carbonyl (C=O) groups excluding carboxylic acids is 2. The fourth-order valence-electron chi connectivity index (χ4n) is 12.1. The van der Waals surface area contributed by atoms with Gasteiger partial charge in [-0.05, 0) is 128 Å². The summed E-state index contributed by atoms with van der Waals surface area (Å²) in [5, 5.41) is 0. The number of hydrogen-bond donors (Lipinski definition) is 0. The van der Waals surface area contributed by atoms with Crippen LogP contribution in [0.25, 0.3) is 0 Å². The standard InChI is InChI=1S/C47H74O3/c1-8-35(21-22-36-17-11-10-12-18-36)19-14-20-37(9-2)44(48)32-45(49)50-39-27-29-46(6)38(31-39)23-24-40-42-26-25-41(34(5)16-13-15-33(3)4)47(42,7)30-28-43(40)46/h10-12,17-18,23,33-35,37,39-43H,8-9,13-16,19-22,24-32H2,1-7H3/t34-,35?,37?,39+,40+,41-,42+,43+,46+,47-/m1/s1. The van der Waals surface area contributed by atoms with Gasteiger partial charge in [0.2, 0.25) is 0 Å². The molecule has 1 aromatic rings. The molecule has 50 heavy (non-hydrogen) atoms. The molecular weight excluding hydrogens is 613 g/mol. The van der Waals surface area contributed by atoms with Crippen LogP contribution >= 0.6 is 0 Å². The summed E-state index contributed by atoms with van der Waals surface area (Å²) in [5.41, 5.74) is 3.72. The highest BCUT2D eigenvalue weighted by Crippen LogP contribution is 2.67. The topological polar surface area (TPSA) is 43.4 Å². The second-order valence-electron chi connectivity index (χ2n) is 18.6. The first kappa shape index (κ1) is 39.3. The van der Waals surface area contributed by atoms with Crippen molar-refractivity contribution in [2.24, 2.45) is 58.2 Å². The average Bonchev–Trinajstić information content (AvgIpc) is 3.45. The Morgan fingerprint density at radius 2 is 1.60 bits per heavy atom. The maximum Gasteiger partial charge on any atom is 0.313 e. The lowest BCUT2D eigenvalue weighted by Gasteiger charge is -2.58. The van der Waals surface area contributed by atoms with E-state index >= 15 is 0 Å². The van der Waals surface area contributed by atoms with E-state index in [1.165, 1.54) is 69.8 Å². The predicted octanol–water partition coefficient (Wildman–Crippen LogP) is 12.8. The molecule has 0 aromatic heterocycles. The first-order valence-electron chi connectivity index (χ1n) is 21.4. The van der Waals surface area contributed by atoms with E-state index in [1.807, 2.05) is 0 Å². The fourth-order valence-corrected chi connectivity index (χ4v) is 12.1. The van der Waals surface area contributed by atoms with Crippen LogP contribution in [0.1, 0.15) is 170 Å². The molecule has 0 spiro atoms. The summed E-state index contributed by atoms with van der Waals surface area (Å²) in [6.45, 7) is 16.9. The molecule has 4 aliphatic rings. The second kappa shape index (κ2) is 17.7. The summed E-state index contributed by atoms with van der Waals surface area (Å²) in [6, 6.07) is 10.8. The summed E-state index contributed by atoms with van der Waals surface area (Å²) in [4.78, 5) is 26.4. The maximum atomic E-state index is 13.3.